The number of hydrogen-bond acceptors (Lipinski definition) is 5. The van der Waals surface area contributed by atoms with Crippen molar-refractivity contribution in [3.05, 3.63) is 52.5 Å². The first-order chi connectivity index (χ1) is 13.0. The van der Waals surface area contributed by atoms with Gasteiger partial charge in [0.2, 0.25) is 0 Å². The molecule has 2 aromatic carbocycles. The molecule has 2 aromatic rings. The smallest absolute Gasteiger partial charge is 0.306 e. The quantitative estimate of drug-likeness (QED) is 0.812. The van der Waals surface area contributed by atoms with Gasteiger partial charge < -0.3 is 24.6 Å². The molecule has 0 saturated carbocycles. The maximum Gasteiger partial charge on any atom is 0.306 e. The van der Waals surface area contributed by atoms with E-state index in [1.807, 2.05) is 0 Å². The van der Waals surface area contributed by atoms with Crippen LogP contribution in [0.4, 0.5) is 5.69 Å². The molecule has 0 unspecified atom stereocenters. The highest BCUT2D eigenvalue weighted by molar-refractivity contribution is 6.34. The van der Waals surface area contributed by atoms with E-state index in [0.29, 0.717) is 33.3 Å². The zero-order valence-electron chi connectivity index (χ0n) is 14.7. The molecule has 1 aliphatic heterocycles. The molecule has 8 heteroatoms. The molecule has 1 aliphatic rings. The number of anilines is 1. The standard InChI is InChI=1S/C19H18ClNO6/c1-25-13-8-4-6-11(18(13)26-2)17-10-5-3-7-12(20)16(10)21-19(24)14(27-17)9-15(22)23/h3-8,14,17H,9H2,1-2H3,(H,21,24)(H,22,23)/t14-,17+/m0/s1. The number of benzene rings is 2. The molecule has 142 valence electrons. The van der Waals surface area contributed by atoms with Gasteiger partial charge in [0, 0.05) is 11.1 Å². The Labute approximate surface area is 160 Å². The van der Waals surface area contributed by atoms with Gasteiger partial charge in [-0.1, -0.05) is 35.9 Å². The van der Waals surface area contributed by atoms with Gasteiger partial charge in [-0.2, -0.15) is 0 Å². The van der Waals surface area contributed by atoms with Crippen molar-refractivity contribution < 1.29 is 28.9 Å². The Morgan fingerprint density at radius 2 is 1.89 bits per heavy atom. The number of carbonyl (C=O) groups is 2. The third kappa shape index (κ3) is 3.70. The molecule has 2 N–H and O–H groups in total. The summed E-state index contributed by atoms with van der Waals surface area (Å²) in [6.45, 7) is 0. The van der Waals surface area contributed by atoms with Crippen LogP contribution in [-0.2, 0) is 14.3 Å². The molecular weight excluding hydrogens is 374 g/mol. The number of rotatable bonds is 5. The van der Waals surface area contributed by atoms with Gasteiger partial charge in [0.05, 0.1) is 31.4 Å². The summed E-state index contributed by atoms with van der Waals surface area (Å²) in [5, 5.41) is 12.2. The fraction of sp³-hybridized carbons (Fsp3) is 0.263. The highest BCUT2D eigenvalue weighted by atomic mass is 35.5. The summed E-state index contributed by atoms with van der Waals surface area (Å²) in [5.74, 6) is -0.806. The number of halogens is 1. The number of para-hydroxylation sites is 2. The second kappa shape index (κ2) is 7.85. The first kappa shape index (κ1) is 19.0. The molecule has 2 atom stereocenters. The zero-order chi connectivity index (χ0) is 19.6. The van der Waals surface area contributed by atoms with Crippen LogP contribution in [0.1, 0.15) is 23.7 Å². The summed E-state index contributed by atoms with van der Waals surface area (Å²) in [6.07, 6.45) is -2.47. The number of fused-ring (bicyclic) bond motifs is 1. The lowest BCUT2D eigenvalue weighted by Crippen LogP contribution is -2.31. The minimum absolute atomic E-state index is 0.326. The average Bonchev–Trinajstić information content (AvgIpc) is 2.78. The summed E-state index contributed by atoms with van der Waals surface area (Å²) in [6, 6.07) is 10.4. The fourth-order valence-electron chi connectivity index (χ4n) is 3.05. The van der Waals surface area contributed by atoms with Gasteiger partial charge in [-0.05, 0) is 12.1 Å². The molecular formula is C19H18ClNO6. The minimum atomic E-state index is -1.20. The highest BCUT2D eigenvalue weighted by Crippen LogP contribution is 2.44. The number of methoxy groups -OCH3 is 2. The van der Waals surface area contributed by atoms with E-state index in [1.165, 1.54) is 14.2 Å². The number of carboxylic acid groups (broad SMARTS) is 1. The first-order valence-electron chi connectivity index (χ1n) is 8.13. The van der Waals surface area contributed by atoms with Crippen LogP contribution in [0.3, 0.4) is 0 Å². The second-order valence-corrected chi connectivity index (χ2v) is 6.29. The Balaban J connectivity index is 2.19. The molecule has 7 nitrogen and oxygen atoms in total. The molecule has 1 heterocycles. The molecule has 3 rings (SSSR count). The third-order valence-electron chi connectivity index (χ3n) is 4.25. The SMILES string of the molecule is COc1cccc([C@@H]2O[C@@H](CC(=O)O)C(=O)Nc3c(Cl)cccc32)c1OC. The molecule has 0 radical (unpaired) electrons. The van der Waals surface area contributed by atoms with E-state index in [2.05, 4.69) is 5.32 Å². The van der Waals surface area contributed by atoms with Crippen LogP contribution in [0.15, 0.2) is 36.4 Å². The summed E-state index contributed by atoms with van der Waals surface area (Å²) >= 11 is 6.28. The van der Waals surface area contributed by atoms with E-state index in [1.54, 1.807) is 36.4 Å². The predicted octanol–water partition coefficient (Wildman–Crippen LogP) is 3.26. The Bertz CT molecular complexity index is 884. The lowest BCUT2D eigenvalue weighted by atomic mass is 9.98. The van der Waals surface area contributed by atoms with Crippen molar-refractivity contribution in [2.24, 2.45) is 0 Å². The number of nitrogens with one attached hydrogen (secondary N) is 1. The van der Waals surface area contributed by atoms with Crippen molar-refractivity contribution in [3.63, 3.8) is 0 Å². The van der Waals surface area contributed by atoms with Gasteiger partial charge in [-0.25, -0.2) is 0 Å². The molecule has 0 fully saturated rings. The van der Waals surface area contributed by atoms with Crippen molar-refractivity contribution >= 4 is 29.2 Å². The summed E-state index contributed by atoms with van der Waals surface area (Å²) in [7, 11) is 3.01. The maximum absolute atomic E-state index is 12.5. The van der Waals surface area contributed by atoms with Crippen LogP contribution in [-0.4, -0.2) is 37.3 Å². The number of carboxylic acids is 1. The lowest BCUT2D eigenvalue weighted by Gasteiger charge is -2.23. The zero-order valence-corrected chi connectivity index (χ0v) is 15.4. The van der Waals surface area contributed by atoms with E-state index in [9.17, 15) is 9.59 Å². The Morgan fingerprint density at radius 1 is 1.19 bits per heavy atom. The number of aliphatic carboxylic acids is 1. The Hall–Kier alpha value is -2.77. The van der Waals surface area contributed by atoms with Crippen LogP contribution in [0, 0.1) is 0 Å². The molecule has 0 saturated heterocycles. The van der Waals surface area contributed by atoms with E-state index in [-0.39, 0.29) is 0 Å². The Morgan fingerprint density at radius 3 is 2.56 bits per heavy atom. The van der Waals surface area contributed by atoms with Crippen molar-refractivity contribution in [2.75, 3.05) is 19.5 Å². The van der Waals surface area contributed by atoms with E-state index in [0.717, 1.165) is 0 Å². The first-order valence-corrected chi connectivity index (χ1v) is 8.51. The van der Waals surface area contributed by atoms with Crippen molar-refractivity contribution in [2.45, 2.75) is 18.6 Å². The second-order valence-electron chi connectivity index (χ2n) is 5.88. The van der Waals surface area contributed by atoms with Crippen molar-refractivity contribution in [1.29, 1.82) is 0 Å². The largest absolute Gasteiger partial charge is 0.493 e. The van der Waals surface area contributed by atoms with Crippen molar-refractivity contribution in [1.82, 2.24) is 0 Å². The van der Waals surface area contributed by atoms with Crippen molar-refractivity contribution in [3.8, 4) is 11.5 Å². The number of carbonyl (C=O) groups excluding carboxylic acids is 1. The highest BCUT2D eigenvalue weighted by Gasteiger charge is 2.35. The average molecular weight is 392 g/mol. The summed E-state index contributed by atoms with van der Waals surface area (Å²) in [5.41, 5.74) is 1.56. The number of hydrogen-bond donors (Lipinski definition) is 2. The van der Waals surface area contributed by atoms with Crippen LogP contribution in [0.5, 0.6) is 11.5 Å². The van der Waals surface area contributed by atoms with E-state index in [4.69, 9.17) is 30.9 Å². The normalized spacial score (nSPS) is 18.9. The minimum Gasteiger partial charge on any atom is -0.493 e. The number of amides is 1. The molecule has 0 bridgehead atoms. The maximum atomic E-state index is 12.5. The number of ether oxygens (including phenoxy) is 3. The van der Waals surface area contributed by atoms with Gasteiger partial charge in [-0.3, -0.25) is 9.59 Å². The fourth-order valence-corrected chi connectivity index (χ4v) is 3.28. The monoisotopic (exact) mass is 391 g/mol. The molecule has 27 heavy (non-hydrogen) atoms. The summed E-state index contributed by atoms with van der Waals surface area (Å²) < 4.78 is 16.8. The van der Waals surface area contributed by atoms with Gasteiger partial charge in [-0.15, -0.1) is 0 Å². The predicted molar refractivity (Wildman–Crippen MR) is 98.6 cm³/mol. The van der Waals surface area contributed by atoms with Gasteiger partial charge >= 0.3 is 5.97 Å². The van der Waals surface area contributed by atoms with E-state index < -0.39 is 30.5 Å². The van der Waals surface area contributed by atoms with Crippen LogP contribution >= 0.6 is 11.6 Å². The molecule has 1 amide bonds. The van der Waals surface area contributed by atoms with Crippen LogP contribution in [0.2, 0.25) is 5.02 Å². The molecule has 0 spiro atoms. The third-order valence-corrected chi connectivity index (χ3v) is 4.56. The topological polar surface area (TPSA) is 94.1 Å². The lowest BCUT2D eigenvalue weighted by molar-refractivity contribution is -0.146. The summed E-state index contributed by atoms with van der Waals surface area (Å²) in [4.78, 5) is 23.7. The van der Waals surface area contributed by atoms with Crippen LogP contribution in [0.25, 0.3) is 0 Å². The van der Waals surface area contributed by atoms with Crippen LogP contribution < -0.4 is 14.8 Å². The van der Waals surface area contributed by atoms with E-state index >= 15 is 0 Å². The van der Waals surface area contributed by atoms with Gasteiger partial charge in [0.25, 0.3) is 5.91 Å². The molecule has 0 aromatic heterocycles. The van der Waals surface area contributed by atoms with Gasteiger partial charge in [0.15, 0.2) is 11.5 Å². The molecule has 0 aliphatic carbocycles. The van der Waals surface area contributed by atoms with Gasteiger partial charge in [0.1, 0.15) is 12.2 Å². The Kier molecular flexibility index (Phi) is 5.53.